The molecule has 1 heterocycles. The van der Waals surface area contributed by atoms with Crippen LogP contribution in [-0.4, -0.2) is 35.7 Å². The normalized spacial score (nSPS) is 26.4. The average Bonchev–Trinajstić information content (AvgIpc) is 2.89. The van der Waals surface area contributed by atoms with Gasteiger partial charge in [-0.2, -0.15) is 0 Å². The minimum absolute atomic E-state index is 0.273. The first-order valence-electron chi connectivity index (χ1n) is 5.81. The third kappa shape index (κ3) is 2.95. The maximum atomic E-state index is 11.7. The van der Waals surface area contributed by atoms with E-state index in [1.54, 1.807) is 0 Å². The zero-order valence-electron chi connectivity index (χ0n) is 9.15. The standard InChI is InChI=1S/C11H17NO4/c13-10(9-2-1-5-16-9)12-8(11(14)15)6-7-3-4-7/h7-9H,1-6H2,(H,12,13)(H,14,15)/t8?,9-/m0/s1. The number of nitrogens with one attached hydrogen (secondary N) is 1. The third-order valence-electron chi connectivity index (χ3n) is 3.10. The van der Waals surface area contributed by atoms with Gasteiger partial charge in [0.25, 0.3) is 0 Å². The average molecular weight is 227 g/mol. The number of ether oxygens (including phenoxy) is 1. The van der Waals surface area contributed by atoms with Crippen molar-refractivity contribution >= 4 is 11.9 Å². The molecule has 1 unspecified atom stereocenters. The van der Waals surface area contributed by atoms with E-state index >= 15 is 0 Å². The van der Waals surface area contributed by atoms with Gasteiger partial charge in [-0.3, -0.25) is 4.79 Å². The van der Waals surface area contributed by atoms with E-state index in [2.05, 4.69) is 5.32 Å². The number of hydrogen-bond acceptors (Lipinski definition) is 3. The smallest absolute Gasteiger partial charge is 0.326 e. The number of carbonyl (C=O) groups excluding carboxylic acids is 1. The molecule has 5 nitrogen and oxygen atoms in total. The molecule has 0 aromatic carbocycles. The molecule has 2 atom stereocenters. The Balaban J connectivity index is 1.83. The van der Waals surface area contributed by atoms with Crippen LogP contribution in [0.15, 0.2) is 0 Å². The summed E-state index contributed by atoms with van der Waals surface area (Å²) in [5.74, 6) is -0.741. The summed E-state index contributed by atoms with van der Waals surface area (Å²) in [7, 11) is 0. The van der Waals surface area contributed by atoms with Gasteiger partial charge in [0.05, 0.1) is 0 Å². The van der Waals surface area contributed by atoms with Gasteiger partial charge in [0, 0.05) is 6.61 Å². The lowest BCUT2D eigenvalue weighted by Crippen LogP contribution is -2.45. The second kappa shape index (κ2) is 4.82. The zero-order chi connectivity index (χ0) is 11.5. The van der Waals surface area contributed by atoms with Gasteiger partial charge in [0.2, 0.25) is 5.91 Å². The molecule has 2 N–H and O–H groups in total. The van der Waals surface area contributed by atoms with Crippen LogP contribution in [0, 0.1) is 5.92 Å². The van der Waals surface area contributed by atoms with Crippen molar-refractivity contribution in [3.63, 3.8) is 0 Å². The van der Waals surface area contributed by atoms with Crippen LogP contribution in [0.2, 0.25) is 0 Å². The molecule has 1 saturated heterocycles. The molecule has 2 aliphatic rings. The summed E-state index contributed by atoms with van der Waals surface area (Å²) in [6.45, 7) is 0.596. The van der Waals surface area contributed by atoms with E-state index < -0.39 is 18.1 Å². The first-order chi connectivity index (χ1) is 7.66. The van der Waals surface area contributed by atoms with Crippen molar-refractivity contribution in [2.24, 2.45) is 5.92 Å². The van der Waals surface area contributed by atoms with Crippen LogP contribution in [0.25, 0.3) is 0 Å². The minimum atomic E-state index is -0.946. The Morgan fingerprint density at radius 1 is 1.38 bits per heavy atom. The van der Waals surface area contributed by atoms with Gasteiger partial charge in [-0.25, -0.2) is 4.79 Å². The highest BCUT2D eigenvalue weighted by molar-refractivity contribution is 5.86. The van der Waals surface area contributed by atoms with E-state index in [9.17, 15) is 9.59 Å². The van der Waals surface area contributed by atoms with Crippen molar-refractivity contribution in [2.75, 3.05) is 6.61 Å². The molecule has 90 valence electrons. The molecule has 0 spiro atoms. The molecule has 0 aromatic heterocycles. The number of rotatable bonds is 5. The van der Waals surface area contributed by atoms with Crippen LogP contribution in [0.3, 0.4) is 0 Å². The number of carbonyl (C=O) groups is 2. The van der Waals surface area contributed by atoms with Gasteiger partial charge in [-0.15, -0.1) is 0 Å². The van der Waals surface area contributed by atoms with Crippen LogP contribution < -0.4 is 5.32 Å². The quantitative estimate of drug-likeness (QED) is 0.718. The number of carboxylic acids is 1. The summed E-state index contributed by atoms with van der Waals surface area (Å²) in [6, 6.07) is -0.746. The molecule has 2 rings (SSSR count). The SMILES string of the molecule is O=C(O)C(CC1CC1)NC(=O)[C@@H]1CCCO1. The van der Waals surface area contributed by atoms with Crippen LogP contribution in [0.5, 0.6) is 0 Å². The van der Waals surface area contributed by atoms with E-state index in [1.807, 2.05) is 0 Å². The van der Waals surface area contributed by atoms with Crippen molar-refractivity contribution in [1.82, 2.24) is 5.32 Å². The fraction of sp³-hybridized carbons (Fsp3) is 0.818. The lowest BCUT2D eigenvalue weighted by molar-refractivity contribution is -0.143. The monoisotopic (exact) mass is 227 g/mol. The Labute approximate surface area is 94.2 Å². The van der Waals surface area contributed by atoms with Crippen molar-refractivity contribution < 1.29 is 19.4 Å². The van der Waals surface area contributed by atoms with Gasteiger partial charge in [0.1, 0.15) is 12.1 Å². The van der Waals surface area contributed by atoms with Crippen LogP contribution in [0.4, 0.5) is 0 Å². The second-order valence-electron chi connectivity index (χ2n) is 4.58. The molecule has 0 aromatic rings. The maximum Gasteiger partial charge on any atom is 0.326 e. The highest BCUT2D eigenvalue weighted by Gasteiger charge is 2.32. The molecule has 16 heavy (non-hydrogen) atoms. The largest absolute Gasteiger partial charge is 0.480 e. The lowest BCUT2D eigenvalue weighted by atomic mass is 10.1. The van der Waals surface area contributed by atoms with Crippen LogP contribution in [0.1, 0.15) is 32.1 Å². The molecule has 2 fully saturated rings. The van der Waals surface area contributed by atoms with Gasteiger partial charge in [0.15, 0.2) is 0 Å². The van der Waals surface area contributed by atoms with Crippen LogP contribution >= 0.6 is 0 Å². The highest BCUT2D eigenvalue weighted by atomic mass is 16.5. The van der Waals surface area contributed by atoms with Gasteiger partial charge >= 0.3 is 5.97 Å². The van der Waals surface area contributed by atoms with E-state index in [0.717, 1.165) is 19.3 Å². The predicted molar refractivity (Wildman–Crippen MR) is 55.9 cm³/mol. The van der Waals surface area contributed by atoms with Crippen molar-refractivity contribution in [3.8, 4) is 0 Å². The van der Waals surface area contributed by atoms with Gasteiger partial charge in [-0.1, -0.05) is 12.8 Å². The lowest BCUT2D eigenvalue weighted by Gasteiger charge is -2.16. The number of amides is 1. The predicted octanol–water partition coefficient (Wildman–Crippen LogP) is 0.535. The maximum absolute atomic E-state index is 11.7. The van der Waals surface area contributed by atoms with E-state index in [-0.39, 0.29) is 5.91 Å². The summed E-state index contributed by atoms with van der Waals surface area (Å²) in [5, 5.41) is 11.6. The first kappa shape index (κ1) is 11.4. The summed E-state index contributed by atoms with van der Waals surface area (Å²) < 4.78 is 5.21. The number of hydrogen-bond donors (Lipinski definition) is 2. The molecular weight excluding hydrogens is 210 g/mol. The fourth-order valence-corrected chi connectivity index (χ4v) is 1.96. The Bertz CT molecular complexity index is 282. The molecule has 1 amide bonds. The molecule has 1 aliphatic carbocycles. The summed E-state index contributed by atoms with van der Waals surface area (Å²) >= 11 is 0. The zero-order valence-corrected chi connectivity index (χ0v) is 9.15. The molecule has 1 saturated carbocycles. The third-order valence-corrected chi connectivity index (χ3v) is 3.10. The Hall–Kier alpha value is -1.10. The van der Waals surface area contributed by atoms with Crippen LogP contribution in [-0.2, 0) is 14.3 Å². The molecule has 5 heteroatoms. The second-order valence-corrected chi connectivity index (χ2v) is 4.58. The topological polar surface area (TPSA) is 75.6 Å². The first-order valence-corrected chi connectivity index (χ1v) is 5.81. The fourth-order valence-electron chi connectivity index (χ4n) is 1.96. The molecule has 0 bridgehead atoms. The van der Waals surface area contributed by atoms with E-state index in [4.69, 9.17) is 9.84 Å². The van der Waals surface area contributed by atoms with Crippen molar-refractivity contribution in [3.05, 3.63) is 0 Å². The molecule has 0 radical (unpaired) electrons. The van der Waals surface area contributed by atoms with Crippen molar-refractivity contribution in [1.29, 1.82) is 0 Å². The van der Waals surface area contributed by atoms with Gasteiger partial charge in [-0.05, 0) is 25.2 Å². The number of carboxylic acid groups (broad SMARTS) is 1. The molecular formula is C11H17NO4. The summed E-state index contributed by atoms with van der Waals surface area (Å²) in [4.78, 5) is 22.6. The van der Waals surface area contributed by atoms with Gasteiger partial charge < -0.3 is 15.2 Å². The number of aliphatic carboxylic acids is 1. The summed E-state index contributed by atoms with van der Waals surface area (Å²) in [5.41, 5.74) is 0. The van der Waals surface area contributed by atoms with E-state index in [0.29, 0.717) is 25.4 Å². The van der Waals surface area contributed by atoms with E-state index in [1.165, 1.54) is 0 Å². The Morgan fingerprint density at radius 3 is 2.62 bits per heavy atom. The Kier molecular flexibility index (Phi) is 3.43. The van der Waals surface area contributed by atoms with Crippen molar-refractivity contribution in [2.45, 2.75) is 44.2 Å². The summed E-state index contributed by atoms with van der Waals surface area (Å²) in [6.07, 6.45) is 3.84. The Morgan fingerprint density at radius 2 is 2.12 bits per heavy atom. The minimum Gasteiger partial charge on any atom is -0.480 e. The molecule has 1 aliphatic heterocycles. The highest BCUT2D eigenvalue weighted by Crippen LogP contribution is 2.33.